The van der Waals surface area contributed by atoms with Crippen LogP contribution in [0, 0.1) is 11.8 Å². The molecule has 0 spiro atoms. The summed E-state index contributed by atoms with van der Waals surface area (Å²) in [6.07, 6.45) is 5.05. The lowest BCUT2D eigenvalue weighted by Gasteiger charge is -2.32. The van der Waals surface area contributed by atoms with Crippen LogP contribution >= 0.6 is 0 Å². The molecule has 0 radical (unpaired) electrons. The highest BCUT2D eigenvalue weighted by atomic mass is 16.3. The van der Waals surface area contributed by atoms with E-state index in [4.69, 9.17) is 5.11 Å². The number of hydrogen-bond donors (Lipinski definition) is 1. The molecule has 1 fully saturated rings. The van der Waals surface area contributed by atoms with Gasteiger partial charge in [-0.05, 0) is 24.7 Å². The molecule has 0 aromatic carbocycles. The molecule has 0 aromatic heterocycles. The summed E-state index contributed by atoms with van der Waals surface area (Å²) in [6, 6.07) is 0. The van der Waals surface area contributed by atoms with E-state index in [1.807, 2.05) is 4.90 Å². The topological polar surface area (TPSA) is 40.5 Å². The number of nitrogens with zero attached hydrogens (tertiary/aromatic N) is 1. The van der Waals surface area contributed by atoms with Gasteiger partial charge in [0.15, 0.2) is 0 Å². The number of hydrogen-bond acceptors (Lipinski definition) is 2. The van der Waals surface area contributed by atoms with E-state index in [0.29, 0.717) is 18.3 Å². The Hall–Kier alpha value is -0.570. The van der Waals surface area contributed by atoms with Crippen molar-refractivity contribution < 1.29 is 9.90 Å². The van der Waals surface area contributed by atoms with Crippen molar-refractivity contribution in [2.75, 3.05) is 19.7 Å². The molecule has 16 heavy (non-hydrogen) atoms. The van der Waals surface area contributed by atoms with Gasteiger partial charge in [0, 0.05) is 26.1 Å². The van der Waals surface area contributed by atoms with Crippen molar-refractivity contribution in [1.82, 2.24) is 4.90 Å². The van der Waals surface area contributed by atoms with Gasteiger partial charge >= 0.3 is 0 Å². The van der Waals surface area contributed by atoms with Gasteiger partial charge in [0.05, 0.1) is 0 Å². The fourth-order valence-corrected chi connectivity index (χ4v) is 2.46. The van der Waals surface area contributed by atoms with Gasteiger partial charge in [-0.1, -0.05) is 26.7 Å². The van der Waals surface area contributed by atoms with E-state index in [9.17, 15) is 4.79 Å². The lowest BCUT2D eigenvalue weighted by atomic mass is 9.97. The molecule has 94 valence electrons. The van der Waals surface area contributed by atoms with Crippen molar-refractivity contribution in [3.63, 3.8) is 0 Å². The lowest BCUT2D eigenvalue weighted by molar-refractivity contribution is -0.134. The van der Waals surface area contributed by atoms with Crippen molar-refractivity contribution in [3.05, 3.63) is 0 Å². The number of carbonyl (C=O) groups excluding carboxylic acids is 1. The van der Waals surface area contributed by atoms with Crippen molar-refractivity contribution in [3.8, 4) is 0 Å². The summed E-state index contributed by atoms with van der Waals surface area (Å²) in [6.45, 7) is 6.16. The van der Waals surface area contributed by atoms with Crippen LogP contribution in [0.3, 0.4) is 0 Å². The van der Waals surface area contributed by atoms with E-state index in [2.05, 4.69) is 13.8 Å². The third kappa shape index (κ3) is 4.12. The van der Waals surface area contributed by atoms with Crippen LogP contribution in [0.2, 0.25) is 0 Å². The summed E-state index contributed by atoms with van der Waals surface area (Å²) < 4.78 is 0. The number of piperidine rings is 1. The fraction of sp³-hybridized carbons (Fsp3) is 0.923. The maximum atomic E-state index is 12.0. The minimum absolute atomic E-state index is 0.217. The molecule has 1 amide bonds. The van der Waals surface area contributed by atoms with Crippen LogP contribution in [0.5, 0.6) is 0 Å². The van der Waals surface area contributed by atoms with E-state index in [1.165, 1.54) is 0 Å². The highest BCUT2D eigenvalue weighted by Crippen LogP contribution is 2.19. The van der Waals surface area contributed by atoms with Crippen LogP contribution in [0.4, 0.5) is 0 Å². The first kappa shape index (κ1) is 13.5. The van der Waals surface area contributed by atoms with Crippen LogP contribution in [0.1, 0.15) is 46.0 Å². The van der Waals surface area contributed by atoms with Crippen molar-refractivity contribution in [2.24, 2.45) is 11.8 Å². The summed E-state index contributed by atoms with van der Waals surface area (Å²) in [5, 5.41) is 9.12. The predicted octanol–water partition coefficient (Wildman–Crippen LogP) is 2.04. The highest BCUT2D eigenvalue weighted by Gasteiger charge is 2.23. The normalized spacial score (nSPS) is 23.2. The van der Waals surface area contributed by atoms with E-state index in [0.717, 1.165) is 38.8 Å². The molecule has 2 atom stereocenters. The Kier molecular flexibility index (Phi) is 5.81. The third-order valence-corrected chi connectivity index (χ3v) is 3.43. The zero-order valence-corrected chi connectivity index (χ0v) is 10.6. The average molecular weight is 227 g/mol. The lowest BCUT2D eigenvalue weighted by Crippen LogP contribution is -2.41. The van der Waals surface area contributed by atoms with Gasteiger partial charge in [-0.25, -0.2) is 0 Å². The van der Waals surface area contributed by atoms with Crippen LogP contribution in [-0.2, 0) is 4.79 Å². The second-order valence-electron chi connectivity index (χ2n) is 5.13. The maximum Gasteiger partial charge on any atom is 0.222 e. The maximum absolute atomic E-state index is 12.0. The quantitative estimate of drug-likeness (QED) is 0.781. The fourth-order valence-electron chi connectivity index (χ4n) is 2.46. The van der Waals surface area contributed by atoms with Crippen LogP contribution in [-0.4, -0.2) is 35.6 Å². The number of carbonyl (C=O) groups is 1. The van der Waals surface area contributed by atoms with Gasteiger partial charge in [0.25, 0.3) is 0 Å². The second kappa shape index (κ2) is 6.89. The summed E-state index contributed by atoms with van der Waals surface area (Å²) in [4.78, 5) is 13.9. The molecule has 0 bridgehead atoms. The van der Waals surface area contributed by atoms with E-state index in [-0.39, 0.29) is 12.5 Å². The van der Waals surface area contributed by atoms with Gasteiger partial charge < -0.3 is 10.0 Å². The molecule has 0 aliphatic carbocycles. The van der Waals surface area contributed by atoms with Gasteiger partial charge in [-0.15, -0.1) is 0 Å². The summed E-state index contributed by atoms with van der Waals surface area (Å²) in [5.41, 5.74) is 0. The smallest absolute Gasteiger partial charge is 0.222 e. The number of aliphatic hydroxyl groups excluding tert-OH is 1. The first-order valence-corrected chi connectivity index (χ1v) is 6.56. The monoisotopic (exact) mass is 227 g/mol. The highest BCUT2D eigenvalue weighted by molar-refractivity contribution is 5.76. The minimum Gasteiger partial charge on any atom is -0.396 e. The number of amides is 1. The molecule has 0 saturated carbocycles. The molecule has 2 unspecified atom stereocenters. The third-order valence-electron chi connectivity index (χ3n) is 3.43. The molecule has 1 heterocycles. The van der Waals surface area contributed by atoms with Crippen LogP contribution < -0.4 is 0 Å². The first-order chi connectivity index (χ1) is 7.67. The molecule has 1 aliphatic heterocycles. The Morgan fingerprint density at radius 2 is 2.31 bits per heavy atom. The minimum atomic E-state index is 0.217. The zero-order chi connectivity index (χ0) is 12.0. The Balaban J connectivity index is 2.35. The Bertz CT molecular complexity index is 218. The summed E-state index contributed by atoms with van der Waals surface area (Å²) in [7, 11) is 0. The number of aliphatic hydroxyl groups is 1. The molecule has 3 nitrogen and oxygen atoms in total. The molecule has 1 N–H and O–H groups in total. The van der Waals surface area contributed by atoms with E-state index in [1.54, 1.807) is 0 Å². The standard InChI is InChI=1S/C13H25NO2/c1-3-5-11(2)8-13(16)14-7-4-6-12(9-14)10-15/h11-12,15H,3-10H2,1-2H3. The Morgan fingerprint density at radius 3 is 2.94 bits per heavy atom. The van der Waals surface area contributed by atoms with Gasteiger partial charge in [0.2, 0.25) is 5.91 Å². The number of rotatable bonds is 5. The predicted molar refractivity (Wildman–Crippen MR) is 65.1 cm³/mol. The van der Waals surface area contributed by atoms with Crippen molar-refractivity contribution in [1.29, 1.82) is 0 Å². The molecular weight excluding hydrogens is 202 g/mol. The van der Waals surface area contributed by atoms with E-state index >= 15 is 0 Å². The average Bonchev–Trinajstić information content (AvgIpc) is 2.29. The largest absolute Gasteiger partial charge is 0.396 e. The summed E-state index contributed by atoms with van der Waals surface area (Å²) in [5.74, 6) is 1.07. The second-order valence-corrected chi connectivity index (χ2v) is 5.13. The number of likely N-dealkylation sites (tertiary alicyclic amines) is 1. The SMILES string of the molecule is CCCC(C)CC(=O)N1CCCC(CO)C1. The van der Waals surface area contributed by atoms with Gasteiger partial charge in [-0.3, -0.25) is 4.79 Å². The summed E-state index contributed by atoms with van der Waals surface area (Å²) >= 11 is 0. The van der Waals surface area contributed by atoms with Crippen LogP contribution in [0.15, 0.2) is 0 Å². The Morgan fingerprint density at radius 1 is 1.56 bits per heavy atom. The first-order valence-electron chi connectivity index (χ1n) is 6.56. The van der Waals surface area contributed by atoms with Gasteiger partial charge in [-0.2, -0.15) is 0 Å². The van der Waals surface area contributed by atoms with Crippen molar-refractivity contribution in [2.45, 2.75) is 46.0 Å². The molecule has 1 rings (SSSR count). The van der Waals surface area contributed by atoms with E-state index < -0.39 is 0 Å². The molecule has 0 aromatic rings. The Labute approximate surface area is 98.8 Å². The molecule has 1 aliphatic rings. The van der Waals surface area contributed by atoms with Crippen LogP contribution in [0.25, 0.3) is 0 Å². The van der Waals surface area contributed by atoms with Gasteiger partial charge in [0.1, 0.15) is 0 Å². The molecular formula is C13H25NO2. The zero-order valence-electron chi connectivity index (χ0n) is 10.6. The molecule has 3 heteroatoms. The van der Waals surface area contributed by atoms with Crippen molar-refractivity contribution >= 4 is 5.91 Å². The molecule has 1 saturated heterocycles.